The molecule has 1 fully saturated rings. The molecule has 1 amide bonds. The van der Waals surface area contributed by atoms with Gasteiger partial charge in [0.05, 0.1) is 0 Å². The van der Waals surface area contributed by atoms with E-state index in [1.54, 1.807) is 24.3 Å². The molecular weight excluding hydrogens is 345 g/mol. The third-order valence-electron chi connectivity index (χ3n) is 4.57. The lowest BCUT2D eigenvalue weighted by Gasteiger charge is -2.26. The fourth-order valence-corrected chi connectivity index (χ4v) is 3.10. The van der Waals surface area contributed by atoms with Gasteiger partial charge in [-0.05, 0) is 62.3 Å². The molecule has 6 heteroatoms. The first-order valence-electron chi connectivity index (χ1n) is 9.14. The molecule has 2 aromatic rings. The number of rotatable bonds is 6. The molecule has 5 nitrogen and oxygen atoms in total. The van der Waals surface area contributed by atoms with Crippen LogP contribution in [-0.4, -0.2) is 37.0 Å². The topological polar surface area (TPSA) is 69.3 Å². The van der Waals surface area contributed by atoms with Crippen LogP contribution in [0, 0.1) is 17.1 Å². The molecule has 1 aromatic heterocycles. The van der Waals surface area contributed by atoms with E-state index in [-0.39, 0.29) is 11.4 Å². The van der Waals surface area contributed by atoms with Crippen molar-refractivity contribution in [2.75, 3.05) is 26.2 Å². The van der Waals surface area contributed by atoms with E-state index in [0.717, 1.165) is 25.2 Å². The Balaban J connectivity index is 1.59. The fraction of sp³-hybridized carbons (Fsp3) is 0.333. The van der Waals surface area contributed by atoms with Gasteiger partial charge in [-0.15, -0.1) is 0 Å². The van der Waals surface area contributed by atoms with E-state index in [1.165, 1.54) is 37.5 Å². The number of carbonyl (C=O) groups excluding carboxylic acids is 1. The van der Waals surface area contributed by atoms with Gasteiger partial charge >= 0.3 is 0 Å². The summed E-state index contributed by atoms with van der Waals surface area (Å²) >= 11 is 0. The minimum atomic E-state index is -0.408. The standard InChI is InChI=1S/C21H22FN3O2/c22-18-6-4-16(5-7-18)20-9-8-19(27-20)14-17(15-23)21(26)24-10-13-25-11-2-1-3-12-25/h4-9,14H,1-3,10-13H2,(H,24,26)/b17-14+. The molecule has 0 spiro atoms. The quantitative estimate of drug-likeness (QED) is 0.626. The van der Waals surface area contributed by atoms with E-state index in [0.29, 0.717) is 18.1 Å². The van der Waals surface area contributed by atoms with Crippen molar-refractivity contribution >= 4 is 12.0 Å². The second kappa shape index (κ2) is 9.15. The SMILES string of the molecule is N#C/C(=C\c1ccc(-c2ccc(F)cc2)o1)C(=O)NCCN1CCCCC1. The van der Waals surface area contributed by atoms with Crippen LogP contribution >= 0.6 is 0 Å². The molecule has 1 aliphatic rings. The van der Waals surface area contributed by atoms with Crippen LogP contribution in [0.15, 0.2) is 46.4 Å². The molecule has 140 valence electrons. The number of amides is 1. The Kier molecular flexibility index (Phi) is 6.39. The highest BCUT2D eigenvalue weighted by molar-refractivity contribution is 6.01. The Morgan fingerprint density at radius 3 is 2.63 bits per heavy atom. The van der Waals surface area contributed by atoms with Crippen LogP contribution in [-0.2, 0) is 4.79 Å². The smallest absolute Gasteiger partial charge is 0.262 e. The van der Waals surface area contributed by atoms with Crippen molar-refractivity contribution in [3.63, 3.8) is 0 Å². The Morgan fingerprint density at radius 1 is 1.19 bits per heavy atom. The third-order valence-corrected chi connectivity index (χ3v) is 4.57. The second-order valence-electron chi connectivity index (χ2n) is 6.54. The lowest BCUT2D eigenvalue weighted by atomic mass is 10.1. The van der Waals surface area contributed by atoms with Gasteiger partial charge in [-0.1, -0.05) is 6.42 Å². The van der Waals surface area contributed by atoms with Crippen LogP contribution < -0.4 is 5.32 Å². The summed E-state index contributed by atoms with van der Waals surface area (Å²) in [5.41, 5.74) is 0.717. The molecule has 2 heterocycles. The summed E-state index contributed by atoms with van der Waals surface area (Å²) in [6, 6.07) is 11.2. The number of hydrogen-bond donors (Lipinski definition) is 1. The molecule has 0 saturated carbocycles. The van der Waals surface area contributed by atoms with E-state index in [2.05, 4.69) is 10.2 Å². The van der Waals surface area contributed by atoms with Crippen molar-refractivity contribution in [1.82, 2.24) is 10.2 Å². The monoisotopic (exact) mass is 367 g/mol. The van der Waals surface area contributed by atoms with Gasteiger partial charge in [-0.25, -0.2) is 4.39 Å². The first-order valence-corrected chi connectivity index (χ1v) is 9.14. The molecule has 1 aliphatic heterocycles. The number of nitriles is 1. The maximum Gasteiger partial charge on any atom is 0.262 e. The van der Waals surface area contributed by atoms with Crippen LogP contribution in [0.1, 0.15) is 25.0 Å². The van der Waals surface area contributed by atoms with Crippen molar-refractivity contribution in [3.8, 4) is 17.4 Å². The Morgan fingerprint density at radius 2 is 1.93 bits per heavy atom. The number of benzene rings is 1. The fourth-order valence-electron chi connectivity index (χ4n) is 3.10. The van der Waals surface area contributed by atoms with Gasteiger partial charge < -0.3 is 14.6 Å². The molecule has 1 saturated heterocycles. The number of piperidine rings is 1. The van der Waals surface area contributed by atoms with Crippen molar-refractivity contribution in [3.05, 3.63) is 53.5 Å². The number of nitrogens with zero attached hydrogens (tertiary/aromatic N) is 2. The molecule has 0 unspecified atom stereocenters. The molecule has 3 rings (SSSR count). The summed E-state index contributed by atoms with van der Waals surface area (Å²) in [4.78, 5) is 14.6. The van der Waals surface area contributed by atoms with Gasteiger partial charge in [0.2, 0.25) is 0 Å². The van der Waals surface area contributed by atoms with Crippen LogP contribution in [0.3, 0.4) is 0 Å². The van der Waals surface area contributed by atoms with Gasteiger partial charge in [0, 0.05) is 24.7 Å². The Labute approximate surface area is 158 Å². The maximum atomic E-state index is 13.0. The molecule has 0 atom stereocenters. The summed E-state index contributed by atoms with van der Waals surface area (Å²) in [5, 5.41) is 12.1. The zero-order valence-corrected chi connectivity index (χ0v) is 15.1. The molecule has 27 heavy (non-hydrogen) atoms. The predicted molar refractivity (Wildman–Crippen MR) is 101 cm³/mol. The highest BCUT2D eigenvalue weighted by Gasteiger charge is 2.13. The summed E-state index contributed by atoms with van der Waals surface area (Å²) < 4.78 is 18.7. The van der Waals surface area contributed by atoms with E-state index in [4.69, 9.17) is 4.42 Å². The third kappa shape index (κ3) is 5.28. The van der Waals surface area contributed by atoms with Crippen molar-refractivity contribution in [2.45, 2.75) is 19.3 Å². The van der Waals surface area contributed by atoms with Gasteiger partial charge in [-0.3, -0.25) is 4.79 Å². The molecular formula is C21H22FN3O2. The van der Waals surface area contributed by atoms with Crippen LogP contribution in [0.5, 0.6) is 0 Å². The van der Waals surface area contributed by atoms with E-state index in [1.807, 2.05) is 6.07 Å². The molecule has 0 bridgehead atoms. The van der Waals surface area contributed by atoms with Crippen LogP contribution in [0.25, 0.3) is 17.4 Å². The largest absolute Gasteiger partial charge is 0.457 e. The number of halogens is 1. The lowest BCUT2D eigenvalue weighted by molar-refractivity contribution is -0.117. The van der Waals surface area contributed by atoms with E-state index in [9.17, 15) is 14.4 Å². The number of likely N-dealkylation sites (tertiary alicyclic amines) is 1. The summed E-state index contributed by atoms with van der Waals surface area (Å²) in [7, 11) is 0. The summed E-state index contributed by atoms with van der Waals surface area (Å²) in [6.07, 6.45) is 5.09. The summed E-state index contributed by atoms with van der Waals surface area (Å²) in [5.74, 6) is 0.216. The highest BCUT2D eigenvalue weighted by Crippen LogP contribution is 2.23. The summed E-state index contributed by atoms with van der Waals surface area (Å²) in [6.45, 7) is 3.43. The number of carbonyl (C=O) groups is 1. The number of furan rings is 1. The molecule has 0 radical (unpaired) electrons. The number of hydrogen-bond acceptors (Lipinski definition) is 4. The van der Waals surface area contributed by atoms with Crippen LogP contribution in [0.4, 0.5) is 4.39 Å². The van der Waals surface area contributed by atoms with Gasteiger partial charge in [0.1, 0.15) is 29.0 Å². The molecule has 1 N–H and O–H groups in total. The normalized spacial score (nSPS) is 15.3. The first kappa shape index (κ1) is 18.9. The van der Waals surface area contributed by atoms with Crippen molar-refractivity contribution < 1.29 is 13.6 Å². The lowest BCUT2D eigenvalue weighted by Crippen LogP contribution is -2.37. The zero-order chi connectivity index (χ0) is 19.1. The average Bonchev–Trinajstić information content (AvgIpc) is 3.16. The Hall–Kier alpha value is -2.91. The van der Waals surface area contributed by atoms with E-state index >= 15 is 0 Å². The minimum Gasteiger partial charge on any atom is -0.457 e. The molecule has 0 aliphatic carbocycles. The second-order valence-corrected chi connectivity index (χ2v) is 6.54. The Bertz CT molecular complexity index is 843. The minimum absolute atomic E-state index is 0.00588. The maximum absolute atomic E-state index is 13.0. The first-order chi connectivity index (χ1) is 13.2. The van der Waals surface area contributed by atoms with Crippen molar-refractivity contribution in [2.24, 2.45) is 0 Å². The van der Waals surface area contributed by atoms with Gasteiger partial charge in [0.25, 0.3) is 5.91 Å². The highest BCUT2D eigenvalue weighted by atomic mass is 19.1. The number of nitrogens with one attached hydrogen (secondary N) is 1. The average molecular weight is 367 g/mol. The molecule has 1 aromatic carbocycles. The van der Waals surface area contributed by atoms with Crippen molar-refractivity contribution in [1.29, 1.82) is 5.26 Å². The van der Waals surface area contributed by atoms with Gasteiger partial charge in [-0.2, -0.15) is 5.26 Å². The van der Waals surface area contributed by atoms with E-state index < -0.39 is 5.91 Å². The predicted octanol–water partition coefficient (Wildman–Crippen LogP) is 3.59. The van der Waals surface area contributed by atoms with Gasteiger partial charge in [0.15, 0.2) is 0 Å². The zero-order valence-electron chi connectivity index (χ0n) is 15.1. The van der Waals surface area contributed by atoms with Crippen LogP contribution in [0.2, 0.25) is 0 Å².